The second kappa shape index (κ2) is 5.75. The van der Waals surface area contributed by atoms with Gasteiger partial charge in [-0.3, -0.25) is 9.59 Å². The van der Waals surface area contributed by atoms with E-state index in [9.17, 15) is 14.0 Å². The predicted octanol–water partition coefficient (Wildman–Crippen LogP) is 3.17. The smallest absolute Gasteiger partial charge is 0.229 e. The molecule has 0 bridgehead atoms. The van der Waals surface area contributed by atoms with Gasteiger partial charge in [0.05, 0.1) is 11.6 Å². The summed E-state index contributed by atoms with van der Waals surface area (Å²) in [5.41, 5.74) is -0.181. The van der Waals surface area contributed by atoms with E-state index in [-0.39, 0.29) is 29.5 Å². The number of hydrogen-bond donors (Lipinski definition) is 1. The van der Waals surface area contributed by atoms with Crippen LogP contribution in [0.4, 0.5) is 10.1 Å². The highest BCUT2D eigenvalue weighted by atomic mass is 79.9. The quantitative estimate of drug-likeness (QED) is 0.884. The maximum Gasteiger partial charge on any atom is 0.229 e. The summed E-state index contributed by atoms with van der Waals surface area (Å²) < 4.78 is 14.3. The maximum atomic E-state index is 13.7. The molecule has 114 valence electrons. The average Bonchev–Trinajstić information content (AvgIpc) is 2.75. The minimum Gasteiger partial charge on any atom is -0.337 e. The van der Waals surface area contributed by atoms with Gasteiger partial charge in [0.1, 0.15) is 5.82 Å². The minimum absolute atomic E-state index is 0.0427. The standard InChI is InChI=1S/C15H18BrFN2O2/c1-15(2,3)19-8-9(6-13(19)20)14(21)18-12-5-4-10(16)7-11(12)17/h4-5,7,9H,6,8H2,1-3H3,(H,18,21)/t9-/m0/s1. The van der Waals surface area contributed by atoms with Gasteiger partial charge in [0, 0.05) is 23.0 Å². The van der Waals surface area contributed by atoms with Gasteiger partial charge in [-0.05, 0) is 39.0 Å². The van der Waals surface area contributed by atoms with Gasteiger partial charge in [-0.15, -0.1) is 0 Å². The Labute approximate surface area is 131 Å². The van der Waals surface area contributed by atoms with E-state index in [2.05, 4.69) is 21.2 Å². The molecule has 1 fully saturated rings. The number of carbonyl (C=O) groups excluding carboxylic acids is 2. The summed E-state index contributed by atoms with van der Waals surface area (Å²) in [5.74, 6) is -1.32. The molecule has 4 nitrogen and oxygen atoms in total. The SMILES string of the molecule is CC(C)(C)N1C[C@@H](C(=O)Nc2ccc(Br)cc2F)CC1=O. The predicted molar refractivity (Wildman–Crippen MR) is 82.3 cm³/mol. The number of nitrogens with one attached hydrogen (secondary N) is 1. The summed E-state index contributed by atoms with van der Waals surface area (Å²) in [6.45, 7) is 6.16. The summed E-state index contributed by atoms with van der Waals surface area (Å²) in [7, 11) is 0. The van der Waals surface area contributed by atoms with Crippen molar-refractivity contribution in [2.75, 3.05) is 11.9 Å². The van der Waals surface area contributed by atoms with Crippen molar-refractivity contribution in [2.45, 2.75) is 32.7 Å². The third kappa shape index (κ3) is 3.61. The monoisotopic (exact) mass is 356 g/mol. The van der Waals surface area contributed by atoms with Crippen molar-refractivity contribution in [3.63, 3.8) is 0 Å². The molecule has 1 heterocycles. The van der Waals surface area contributed by atoms with Crippen LogP contribution < -0.4 is 5.32 Å². The average molecular weight is 357 g/mol. The van der Waals surface area contributed by atoms with E-state index in [1.165, 1.54) is 12.1 Å². The van der Waals surface area contributed by atoms with Crippen LogP contribution in [0.15, 0.2) is 22.7 Å². The maximum absolute atomic E-state index is 13.7. The van der Waals surface area contributed by atoms with Crippen molar-refractivity contribution in [3.05, 3.63) is 28.5 Å². The molecule has 1 aromatic carbocycles. The Hall–Kier alpha value is -1.43. The molecule has 0 saturated carbocycles. The van der Waals surface area contributed by atoms with Crippen molar-refractivity contribution in [1.82, 2.24) is 4.90 Å². The van der Waals surface area contributed by atoms with Crippen LogP contribution in [0.3, 0.4) is 0 Å². The lowest BCUT2D eigenvalue weighted by atomic mass is 10.1. The zero-order valence-electron chi connectivity index (χ0n) is 12.2. The number of anilines is 1. The number of nitrogens with zero attached hydrogens (tertiary/aromatic N) is 1. The molecular weight excluding hydrogens is 339 g/mol. The van der Waals surface area contributed by atoms with Crippen molar-refractivity contribution >= 4 is 33.4 Å². The zero-order chi connectivity index (χ0) is 15.8. The van der Waals surface area contributed by atoms with E-state index in [0.29, 0.717) is 11.0 Å². The van der Waals surface area contributed by atoms with Gasteiger partial charge in [-0.1, -0.05) is 15.9 Å². The van der Waals surface area contributed by atoms with Crippen LogP contribution in [-0.4, -0.2) is 28.8 Å². The third-order valence-corrected chi connectivity index (χ3v) is 3.99. The highest BCUT2D eigenvalue weighted by Crippen LogP contribution is 2.27. The van der Waals surface area contributed by atoms with Crippen LogP contribution in [-0.2, 0) is 9.59 Å². The summed E-state index contributed by atoms with van der Waals surface area (Å²) in [4.78, 5) is 25.9. The Morgan fingerprint density at radius 2 is 2.10 bits per heavy atom. The molecule has 0 radical (unpaired) electrons. The fourth-order valence-electron chi connectivity index (χ4n) is 2.36. The fourth-order valence-corrected chi connectivity index (χ4v) is 2.69. The second-order valence-corrected chi connectivity index (χ2v) is 7.11. The van der Waals surface area contributed by atoms with Crippen LogP contribution in [0.5, 0.6) is 0 Å². The van der Waals surface area contributed by atoms with E-state index in [1.54, 1.807) is 11.0 Å². The molecule has 0 aromatic heterocycles. The van der Waals surface area contributed by atoms with Crippen LogP contribution >= 0.6 is 15.9 Å². The number of benzene rings is 1. The molecule has 2 rings (SSSR count). The molecule has 0 unspecified atom stereocenters. The van der Waals surface area contributed by atoms with Gasteiger partial charge in [0.2, 0.25) is 11.8 Å². The molecule has 1 aromatic rings. The lowest BCUT2D eigenvalue weighted by Crippen LogP contribution is -2.42. The van der Waals surface area contributed by atoms with E-state index >= 15 is 0 Å². The fraction of sp³-hybridized carbons (Fsp3) is 0.467. The molecule has 1 N–H and O–H groups in total. The number of likely N-dealkylation sites (tertiary alicyclic amines) is 1. The molecule has 0 aliphatic carbocycles. The first-order chi connectivity index (χ1) is 9.68. The molecule has 1 aliphatic heterocycles. The summed E-state index contributed by atoms with van der Waals surface area (Å²) in [6, 6.07) is 4.44. The van der Waals surface area contributed by atoms with E-state index in [0.717, 1.165) is 0 Å². The first-order valence-corrected chi connectivity index (χ1v) is 7.54. The van der Waals surface area contributed by atoms with E-state index in [1.807, 2.05) is 20.8 Å². The Morgan fingerprint density at radius 3 is 2.62 bits per heavy atom. The van der Waals surface area contributed by atoms with Crippen molar-refractivity contribution < 1.29 is 14.0 Å². The number of halogens is 2. The van der Waals surface area contributed by atoms with Crippen LogP contribution in [0.2, 0.25) is 0 Å². The summed E-state index contributed by atoms with van der Waals surface area (Å²) in [6.07, 6.45) is 0.168. The largest absolute Gasteiger partial charge is 0.337 e. The molecule has 1 atom stereocenters. The van der Waals surface area contributed by atoms with Crippen LogP contribution in [0.1, 0.15) is 27.2 Å². The summed E-state index contributed by atoms with van der Waals surface area (Å²) >= 11 is 3.16. The van der Waals surface area contributed by atoms with Gasteiger partial charge in [0.25, 0.3) is 0 Å². The third-order valence-electron chi connectivity index (χ3n) is 3.49. The van der Waals surface area contributed by atoms with Crippen molar-refractivity contribution in [1.29, 1.82) is 0 Å². The molecule has 1 aliphatic rings. The zero-order valence-corrected chi connectivity index (χ0v) is 13.8. The lowest BCUT2D eigenvalue weighted by Gasteiger charge is -2.31. The Kier molecular flexibility index (Phi) is 4.37. The number of hydrogen-bond acceptors (Lipinski definition) is 2. The number of amides is 2. The normalized spacial score (nSPS) is 19.0. The first-order valence-electron chi connectivity index (χ1n) is 6.75. The van der Waals surface area contributed by atoms with Crippen LogP contribution in [0, 0.1) is 11.7 Å². The van der Waals surface area contributed by atoms with Crippen molar-refractivity contribution in [3.8, 4) is 0 Å². The molecule has 21 heavy (non-hydrogen) atoms. The topological polar surface area (TPSA) is 49.4 Å². The molecule has 1 saturated heterocycles. The number of carbonyl (C=O) groups is 2. The van der Waals surface area contributed by atoms with Gasteiger partial charge < -0.3 is 10.2 Å². The minimum atomic E-state index is -0.505. The van der Waals surface area contributed by atoms with Crippen LogP contribution in [0.25, 0.3) is 0 Å². The molecular formula is C15H18BrFN2O2. The van der Waals surface area contributed by atoms with E-state index < -0.39 is 11.7 Å². The van der Waals surface area contributed by atoms with Crippen molar-refractivity contribution in [2.24, 2.45) is 5.92 Å². The van der Waals surface area contributed by atoms with Gasteiger partial charge >= 0.3 is 0 Å². The molecule has 0 spiro atoms. The Morgan fingerprint density at radius 1 is 1.43 bits per heavy atom. The highest BCUT2D eigenvalue weighted by molar-refractivity contribution is 9.10. The molecule has 2 amide bonds. The number of rotatable bonds is 2. The Bertz CT molecular complexity index is 584. The molecule has 6 heteroatoms. The Balaban J connectivity index is 2.07. The highest BCUT2D eigenvalue weighted by Gasteiger charge is 2.39. The summed E-state index contributed by atoms with van der Waals surface area (Å²) in [5, 5.41) is 2.56. The second-order valence-electron chi connectivity index (χ2n) is 6.19. The van der Waals surface area contributed by atoms with Gasteiger partial charge in [0.15, 0.2) is 0 Å². The van der Waals surface area contributed by atoms with E-state index in [4.69, 9.17) is 0 Å². The van der Waals surface area contributed by atoms with Gasteiger partial charge in [-0.25, -0.2) is 4.39 Å². The lowest BCUT2D eigenvalue weighted by molar-refractivity contribution is -0.131. The van der Waals surface area contributed by atoms with Gasteiger partial charge in [-0.2, -0.15) is 0 Å². The first kappa shape index (κ1) is 15.9.